The molecule has 1 aliphatic carbocycles. The average molecular weight is 283 g/mol. The van der Waals surface area contributed by atoms with Gasteiger partial charge in [0.15, 0.2) is 0 Å². The van der Waals surface area contributed by atoms with Gasteiger partial charge in [-0.1, -0.05) is 6.42 Å². The summed E-state index contributed by atoms with van der Waals surface area (Å²) in [4.78, 5) is 25.6. The van der Waals surface area contributed by atoms with Crippen LogP contribution in [0.2, 0.25) is 0 Å². The Balaban J connectivity index is 2.01. The predicted octanol–water partition coefficient (Wildman–Crippen LogP) is 1.90. The molecule has 0 bridgehead atoms. The van der Waals surface area contributed by atoms with Gasteiger partial charge in [-0.3, -0.25) is 9.59 Å². The number of hydrogen-bond donors (Lipinski definition) is 1. The number of carboxylic acids is 1. The fourth-order valence-electron chi connectivity index (χ4n) is 3.52. The quantitative estimate of drug-likeness (QED) is 0.840. The summed E-state index contributed by atoms with van der Waals surface area (Å²) in [5, 5.41) is 9.13. The van der Waals surface area contributed by atoms with Gasteiger partial charge >= 0.3 is 5.97 Å². The Bertz CT molecular complexity index is 393. The molecule has 1 amide bonds. The molecule has 0 radical (unpaired) electrons. The van der Waals surface area contributed by atoms with Crippen molar-refractivity contribution in [3.63, 3.8) is 0 Å². The number of ether oxygens (including phenoxy) is 1. The zero-order valence-electron chi connectivity index (χ0n) is 12.6. The first-order chi connectivity index (χ1) is 9.28. The van der Waals surface area contributed by atoms with Gasteiger partial charge in [0.05, 0.1) is 17.6 Å². The highest BCUT2D eigenvalue weighted by atomic mass is 16.5. The third-order valence-electron chi connectivity index (χ3n) is 4.25. The third kappa shape index (κ3) is 3.51. The Morgan fingerprint density at radius 1 is 1.25 bits per heavy atom. The summed E-state index contributed by atoms with van der Waals surface area (Å²) in [6.07, 6.45) is 2.86. The SMILES string of the molecule is C[C@@H]1CN(C(=O)[C@H]2CCC[C@H](C(=O)O)C2)CC(C)(C)O1. The molecule has 2 fully saturated rings. The predicted molar refractivity (Wildman–Crippen MR) is 74.3 cm³/mol. The molecule has 0 aromatic rings. The lowest BCUT2D eigenvalue weighted by Gasteiger charge is -2.43. The van der Waals surface area contributed by atoms with Gasteiger partial charge in [-0.05, 0) is 40.0 Å². The van der Waals surface area contributed by atoms with Crippen LogP contribution in [0.3, 0.4) is 0 Å². The average Bonchev–Trinajstić information content (AvgIpc) is 2.35. The van der Waals surface area contributed by atoms with Crippen LogP contribution in [-0.2, 0) is 14.3 Å². The van der Waals surface area contributed by atoms with Crippen molar-refractivity contribution in [3.05, 3.63) is 0 Å². The van der Waals surface area contributed by atoms with E-state index < -0.39 is 5.97 Å². The van der Waals surface area contributed by atoms with Crippen molar-refractivity contribution in [2.75, 3.05) is 13.1 Å². The van der Waals surface area contributed by atoms with Gasteiger partial charge in [-0.25, -0.2) is 0 Å². The molecule has 20 heavy (non-hydrogen) atoms. The van der Waals surface area contributed by atoms with Crippen LogP contribution >= 0.6 is 0 Å². The smallest absolute Gasteiger partial charge is 0.306 e. The van der Waals surface area contributed by atoms with Crippen LogP contribution in [-0.4, -0.2) is 46.7 Å². The van der Waals surface area contributed by atoms with Crippen molar-refractivity contribution in [1.29, 1.82) is 0 Å². The Kier molecular flexibility index (Phi) is 4.37. The Morgan fingerprint density at radius 3 is 2.50 bits per heavy atom. The molecule has 1 saturated heterocycles. The minimum atomic E-state index is -0.766. The lowest BCUT2D eigenvalue weighted by molar-refractivity contribution is -0.163. The molecule has 1 heterocycles. The van der Waals surface area contributed by atoms with Crippen LogP contribution in [0.15, 0.2) is 0 Å². The van der Waals surface area contributed by atoms with Gasteiger partial charge in [0.25, 0.3) is 0 Å². The molecular formula is C15H25NO4. The summed E-state index contributed by atoms with van der Waals surface area (Å²) in [6, 6.07) is 0. The number of morpholine rings is 1. The highest BCUT2D eigenvalue weighted by Crippen LogP contribution is 2.32. The van der Waals surface area contributed by atoms with E-state index in [0.29, 0.717) is 25.9 Å². The molecule has 114 valence electrons. The maximum atomic E-state index is 12.6. The first kappa shape index (κ1) is 15.3. The van der Waals surface area contributed by atoms with Gasteiger partial charge in [-0.15, -0.1) is 0 Å². The first-order valence-corrected chi connectivity index (χ1v) is 7.48. The normalized spacial score (nSPS) is 33.8. The third-order valence-corrected chi connectivity index (χ3v) is 4.25. The van der Waals surface area contributed by atoms with Gasteiger partial charge < -0.3 is 14.7 Å². The molecule has 1 N–H and O–H groups in total. The van der Waals surface area contributed by atoms with Crippen molar-refractivity contribution in [3.8, 4) is 0 Å². The topological polar surface area (TPSA) is 66.8 Å². The second kappa shape index (κ2) is 5.72. The molecule has 0 aromatic heterocycles. The molecule has 2 rings (SSSR count). The van der Waals surface area contributed by atoms with Crippen LogP contribution in [0.4, 0.5) is 0 Å². The molecule has 0 unspecified atom stereocenters. The van der Waals surface area contributed by atoms with E-state index in [0.717, 1.165) is 12.8 Å². The molecule has 1 aliphatic heterocycles. The molecule has 5 nitrogen and oxygen atoms in total. The standard InChI is InChI=1S/C15H25NO4/c1-10-8-16(9-15(2,3)20-10)13(17)11-5-4-6-12(7-11)14(18)19/h10-12H,4-9H2,1-3H3,(H,18,19)/t10-,11+,12+/m1/s1. The summed E-state index contributed by atoms with van der Waals surface area (Å²) in [5.74, 6) is -1.15. The van der Waals surface area contributed by atoms with Crippen LogP contribution in [0.1, 0.15) is 46.5 Å². The second-order valence-corrected chi connectivity index (χ2v) is 6.81. The van der Waals surface area contributed by atoms with Gasteiger partial charge in [0.1, 0.15) is 0 Å². The van der Waals surface area contributed by atoms with Crippen molar-refractivity contribution in [2.45, 2.75) is 58.2 Å². The minimum absolute atomic E-state index is 0.0292. The van der Waals surface area contributed by atoms with E-state index in [2.05, 4.69) is 0 Å². The Morgan fingerprint density at radius 2 is 1.90 bits per heavy atom. The Labute approximate surface area is 120 Å². The highest BCUT2D eigenvalue weighted by Gasteiger charge is 2.38. The number of carboxylic acid groups (broad SMARTS) is 1. The zero-order valence-corrected chi connectivity index (χ0v) is 12.6. The van der Waals surface area contributed by atoms with Gasteiger partial charge in [-0.2, -0.15) is 0 Å². The fraction of sp³-hybridized carbons (Fsp3) is 0.867. The number of aliphatic carboxylic acids is 1. The molecule has 2 aliphatic rings. The number of carbonyl (C=O) groups excluding carboxylic acids is 1. The maximum absolute atomic E-state index is 12.6. The van der Waals surface area contributed by atoms with E-state index in [-0.39, 0.29) is 29.4 Å². The fourth-order valence-corrected chi connectivity index (χ4v) is 3.52. The van der Waals surface area contributed by atoms with E-state index in [1.807, 2.05) is 25.7 Å². The number of nitrogens with zero attached hydrogens (tertiary/aromatic N) is 1. The summed E-state index contributed by atoms with van der Waals surface area (Å²) < 4.78 is 5.81. The van der Waals surface area contributed by atoms with Crippen LogP contribution in [0.5, 0.6) is 0 Å². The Hall–Kier alpha value is -1.10. The summed E-state index contributed by atoms with van der Waals surface area (Å²) >= 11 is 0. The molecule has 0 spiro atoms. The number of carbonyl (C=O) groups is 2. The van der Waals surface area contributed by atoms with Gasteiger partial charge in [0.2, 0.25) is 5.91 Å². The van der Waals surface area contributed by atoms with Crippen LogP contribution < -0.4 is 0 Å². The molecule has 0 aromatic carbocycles. The minimum Gasteiger partial charge on any atom is -0.481 e. The van der Waals surface area contributed by atoms with E-state index in [9.17, 15) is 9.59 Å². The van der Waals surface area contributed by atoms with Crippen molar-refractivity contribution < 1.29 is 19.4 Å². The second-order valence-electron chi connectivity index (χ2n) is 6.81. The zero-order chi connectivity index (χ0) is 14.9. The van der Waals surface area contributed by atoms with Crippen molar-refractivity contribution >= 4 is 11.9 Å². The highest BCUT2D eigenvalue weighted by molar-refractivity contribution is 5.80. The number of hydrogen-bond acceptors (Lipinski definition) is 3. The van der Waals surface area contributed by atoms with E-state index in [4.69, 9.17) is 9.84 Å². The van der Waals surface area contributed by atoms with Crippen molar-refractivity contribution in [1.82, 2.24) is 4.90 Å². The largest absolute Gasteiger partial charge is 0.481 e. The molecular weight excluding hydrogens is 258 g/mol. The van der Waals surface area contributed by atoms with Crippen LogP contribution in [0, 0.1) is 11.8 Å². The van der Waals surface area contributed by atoms with E-state index in [1.165, 1.54) is 0 Å². The molecule has 1 saturated carbocycles. The van der Waals surface area contributed by atoms with E-state index >= 15 is 0 Å². The maximum Gasteiger partial charge on any atom is 0.306 e. The molecule has 3 atom stereocenters. The lowest BCUT2D eigenvalue weighted by Crippen LogP contribution is -2.55. The van der Waals surface area contributed by atoms with Crippen LogP contribution in [0.25, 0.3) is 0 Å². The lowest BCUT2D eigenvalue weighted by atomic mass is 9.80. The number of amides is 1. The van der Waals surface area contributed by atoms with Crippen molar-refractivity contribution in [2.24, 2.45) is 11.8 Å². The first-order valence-electron chi connectivity index (χ1n) is 7.48. The number of rotatable bonds is 2. The summed E-state index contributed by atoms with van der Waals surface area (Å²) in [7, 11) is 0. The molecule has 5 heteroatoms. The summed E-state index contributed by atoms with van der Waals surface area (Å²) in [6.45, 7) is 7.15. The monoisotopic (exact) mass is 283 g/mol. The van der Waals surface area contributed by atoms with E-state index in [1.54, 1.807) is 0 Å². The summed E-state index contributed by atoms with van der Waals surface area (Å²) in [5.41, 5.74) is -0.325. The van der Waals surface area contributed by atoms with Gasteiger partial charge in [0, 0.05) is 19.0 Å².